The summed E-state index contributed by atoms with van der Waals surface area (Å²) in [6.45, 7) is 7.79. The van der Waals surface area contributed by atoms with Crippen LogP contribution in [-0.4, -0.2) is 47.9 Å². The molecule has 1 aromatic rings. The number of hydrogen-bond donors (Lipinski definition) is 1. The molecule has 0 radical (unpaired) electrons. The summed E-state index contributed by atoms with van der Waals surface area (Å²) in [6, 6.07) is 4.77. The van der Waals surface area contributed by atoms with E-state index in [2.05, 4.69) is 31.4 Å². The fraction of sp³-hybridized carbons (Fsp3) is 0.533. The number of nitrogens with zero attached hydrogens (tertiary/aromatic N) is 2. The third-order valence-electron chi connectivity index (χ3n) is 3.97. The number of carbonyl (C=O) groups excluding carboxylic acids is 1. The second kappa shape index (κ2) is 6.59. The second-order valence-corrected chi connectivity index (χ2v) is 5.56. The van der Waals surface area contributed by atoms with Crippen molar-refractivity contribution in [3.63, 3.8) is 0 Å². The van der Waals surface area contributed by atoms with Crippen molar-refractivity contribution in [3.05, 3.63) is 29.6 Å². The molecule has 110 valence electrons. The van der Waals surface area contributed by atoms with Crippen molar-refractivity contribution < 1.29 is 9.18 Å². The van der Waals surface area contributed by atoms with Crippen molar-refractivity contribution in [1.82, 2.24) is 9.80 Å². The van der Waals surface area contributed by atoms with Crippen LogP contribution in [0, 0.1) is 5.82 Å². The van der Waals surface area contributed by atoms with Gasteiger partial charge in [0.2, 0.25) is 0 Å². The summed E-state index contributed by atoms with van der Waals surface area (Å²) in [5.41, 5.74) is 0.511. The fourth-order valence-electron chi connectivity index (χ4n) is 2.79. The average molecular weight is 296 g/mol. The van der Waals surface area contributed by atoms with E-state index in [1.54, 1.807) is 0 Å². The zero-order chi connectivity index (χ0) is 14.7. The third kappa shape index (κ3) is 3.15. The fourth-order valence-corrected chi connectivity index (χ4v) is 3.01. The van der Waals surface area contributed by atoms with Gasteiger partial charge in [-0.3, -0.25) is 9.69 Å². The van der Waals surface area contributed by atoms with Crippen LogP contribution in [0.25, 0.3) is 0 Å². The van der Waals surface area contributed by atoms with Gasteiger partial charge in [0.1, 0.15) is 5.82 Å². The molecule has 1 amide bonds. The Morgan fingerprint density at radius 2 is 2.15 bits per heavy atom. The maximum absolute atomic E-state index is 13.2. The number of halogens is 1. The first kappa shape index (κ1) is 15.3. The minimum absolute atomic E-state index is 0.0324. The van der Waals surface area contributed by atoms with Gasteiger partial charge in [0.15, 0.2) is 0 Å². The third-order valence-corrected chi connectivity index (χ3v) is 4.32. The lowest BCUT2D eigenvalue weighted by Crippen LogP contribution is -2.38. The number of thiol groups is 1. The first-order chi connectivity index (χ1) is 9.56. The van der Waals surface area contributed by atoms with Gasteiger partial charge < -0.3 is 4.90 Å². The van der Waals surface area contributed by atoms with Crippen molar-refractivity contribution in [2.75, 3.05) is 26.2 Å². The molecule has 3 nitrogen and oxygen atoms in total. The molecule has 0 aliphatic carbocycles. The van der Waals surface area contributed by atoms with Crippen LogP contribution in [0.2, 0.25) is 0 Å². The molecule has 5 heteroatoms. The quantitative estimate of drug-likeness (QED) is 0.864. The topological polar surface area (TPSA) is 23.6 Å². The zero-order valence-corrected chi connectivity index (χ0v) is 12.9. The summed E-state index contributed by atoms with van der Waals surface area (Å²) in [7, 11) is 0. The van der Waals surface area contributed by atoms with E-state index in [1.807, 2.05) is 4.90 Å². The number of likely N-dealkylation sites (N-methyl/N-ethyl adjacent to an activating group) is 1. The van der Waals surface area contributed by atoms with E-state index in [0.717, 1.165) is 32.6 Å². The summed E-state index contributed by atoms with van der Waals surface area (Å²) in [5, 5.41) is 0. The predicted molar refractivity (Wildman–Crippen MR) is 80.9 cm³/mol. The SMILES string of the molecule is CCN(CC)C1CCN(C(=O)c2ccc(F)c(S)c2)C1. The highest BCUT2D eigenvalue weighted by Crippen LogP contribution is 2.20. The van der Waals surface area contributed by atoms with Gasteiger partial charge in [0.05, 0.1) is 0 Å². The average Bonchev–Trinajstić information content (AvgIpc) is 2.92. The molecular formula is C15H21FN2OS. The van der Waals surface area contributed by atoms with E-state index in [1.165, 1.54) is 18.2 Å². The van der Waals surface area contributed by atoms with Gasteiger partial charge >= 0.3 is 0 Å². The molecule has 0 aromatic heterocycles. The number of likely N-dealkylation sites (tertiary alicyclic amines) is 1. The Kier molecular flexibility index (Phi) is 5.05. The Bertz CT molecular complexity index is 491. The molecule has 0 saturated carbocycles. The molecule has 2 rings (SSSR count). The van der Waals surface area contributed by atoms with Crippen LogP contribution in [0.3, 0.4) is 0 Å². The summed E-state index contributed by atoms with van der Waals surface area (Å²) in [4.78, 5) is 16.9. The van der Waals surface area contributed by atoms with Gasteiger partial charge in [0, 0.05) is 29.6 Å². The molecule has 0 N–H and O–H groups in total. The van der Waals surface area contributed by atoms with Crippen LogP contribution in [0.15, 0.2) is 23.1 Å². The smallest absolute Gasteiger partial charge is 0.253 e. The van der Waals surface area contributed by atoms with Gasteiger partial charge in [-0.2, -0.15) is 0 Å². The van der Waals surface area contributed by atoms with Crippen LogP contribution in [0.4, 0.5) is 4.39 Å². The first-order valence-electron chi connectivity index (χ1n) is 7.08. The van der Waals surface area contributed by atoms with Crippen LogP contribution in [0.1, 0.15) is 30.6 Å². The highest BCUT2D eigenvalue weighted by molar-refractivity contribution is 7.80. The first-order valence-corrected chi connectivity index (χ1v) is 7.53. The number of rotatable bonds is 4. The molecular weight excluding hydrogens is 275 g/mol. The monoisotopic (exact) mass is 296 g/mol. The number of hydrogen-bond acceptors (Lipinski definition) is 3. The number of benzene rings is 1. The summed E-state index contributed by atoms with van der Waals surface area (Å²) in [6.07, 6.45) is 1.00. The minimum Gasteiger partial charge on any atom is -0.337 e. The van der Waals surface area contributed by atoms with E-state index in [4.69, 9.17) is 0 Å². The Balaban J connectivity index is 2.05. The van der Waals surface area contributed by atoms with Crippen molar-refractivity contribution in [2.45, 2.75) is 31.2 Å². The largest absolute Gasteiger partial charge is 0.337 e. The second-order valence-electron chi connectivity index (χ2n) is 5.08. The Morgan fingerprint density at radius 1 is 1.45 bits per heavy atom. The van der Waals surface area contributed by atoms with E-state index >= 15 is 0 Å². The standard InChI is InChI=1S/C15H21FN2OS/c1-3-17(4-2)12-7-8-18(10-12)15(19)11-5-6-13(16)14(20)9-11/h5-6,9,12,20H,3-4,7-8,10H2,1-2H3. The summed E-state index contributed by atoms with van der Waals surface area (Å²) in [5.74, 6) is -0.428. The van der Waals surface area contributed by atoms with Crippen LogP contribution in [-0.2, 0) is 0 Å². The van der Waals surface area contributed by atoms with Crippen LogP contribution < -0.4 is 0 Å². The Morgan fingerprint density at radius 3 is 2.75 bits per heavy atom. The maximum atomic E-state index is 13.2. The van der Waals surface area contributed by atoms with Gasteiger partial charge in [-0.1, -0.05) is 13.8 Å². The van der Waals surface area contributed by atoms with Crippen LogP contribution >= 0.6 is 12.6 Å². The molecule has 1 fully saturated rings. The summed E-state index contributed by atoms with van der Waals surface area (Å²) >= 11 is 4.03. The Hall–Kier alpha value is -1.07. The number of amides is 1. The Labute approximate surface area is 125 Å². The van der Waals surface area contributed by atoms with E-state index in [0.29, 0.717) is 11.6 Å². The van der Waals surface area contributed by atoms with Crippen molar-refractivity contribution in [2.24, 2.45) is 0 Å². The van der Waals surface area contributed by atoms with E-state index in [9.17, 15) is 9.18 Å². The van der Waals surface area contributed by atoms with Gasteiger partial charge in [-0.05, 0) is 37.7 Å². The highest BCUT2D eigenvalue weighted by atomic mass is 32.1. The van der Waals surface area contributed by atoms with Crippen molar-refractivity contribution in [1.29, 1.82) is 0 Å². The molecule has 1 aliphatic rings. The van der Waals surface area contributed by atoms with Crippen molar-refractivity contribution >= 4 is 18.5 Å². The molecule has 1 atom stereocenters. The van der Waals surface area contributed by atoms with Gasteiger partial charge in [0.25, 0.3) is 5.91 Å². The molecule has 1 saturated heterocycles. The molecule has 20 heavy (non-hydrogen) atoms. The maximum Gasteiger partial charge on any atom is 0.253 e. The van der Waals surface area contributed by atoms with Gasteiger partial charge in [-0.15, -0.1) is 12.6 Å². The number of carbonyl (C=O) groups is 1. The predicted octanol–water partition coefficient (Wildman–Crippen LogP) is 2.67. The summed E-state index contributed by atoms with van der Waals surface area (Å²) < 4.78 is 13.2. The van der Waals surface area contributed by atoms with E-state index < -0.39 is 5.82 Å². The molecule has 1 aromatic carbocycles. The van der Waals surface area contributed by atoms with Crippen LogP contribution in [0.5, 0.6) is 0 Å². The molecule has 1 heterocycles. The zero-order valence-electron chi connectivity index (χ0n) is 12.0. The minimum atomic E-state index is -0.396. The van der Waals surface area contributed by atoms with Gasteiger partial charge in [-0.25, -0.2) is 4.39 Å². The van der Waals surface area contributed by atoms with E-state index in [-0.39, 0.29) is 10.8 Å². The normalized spacial score (nSPS) is 18.9. The molecule has 1 aliphatic heterocycles. The molecule has 1 unspecified atom stereocenters. The molecule has 0 spiro atoms. The molecule has 0 bridgehead atoms. The lowest BCUT2D eigenvalue weighted by atomic mass is 10.2. The lowest BCUT2D eigenvalue weighted by Gasteiger charge is -2.26. The lowest BCUT2D eigenvalue weighted by molar-refractivity contribution is 0.0777. The highest BCUT2D eigenvalue weighted by Gasteiger charge is 2.29. The van der Waals surface area contributed by atoms with Crippen molar-refractivity contribution in [3.8, 4) is 0 Å².